The average Bonchev–Trinajstić information content (AvgIpc) is 3.14. The monoisotopic (exact) mass is 444 g/mol. The molecule has 2 atom stereocenters. The molecule has 0 aromatic heterocycles. The molecule has 168 valence electrons. The van der Waals surface area contributed by atoms with Crippen molar-refractivity contribution in [2.45, 2.75) is 58.5 Å². The molecule has 0 bridgehead atoms. The van der Waals surface area contributed by atoms with Crippen molar-refractivity contribution in [2.24, 2.45) is 5.16 Å². The summed E-state index contributed by atoms with van der Waals surface area (Å²) >= 11 is 6.18. The number of aliphatic hydroxyl groups excluding tert-OH is 1. The lowest BCUT2D eigenvalue weighted by Gasteiger charge is -2.28. The van der Waals surface area contributed by atoms with Gasteiger partial charge in [0.2, 0.25) is 0 Å². The van der Waals surface area contributed by atoms with E-state index in [0.717, 1.165) is 23.3 Å². The van der Waals surface area contributed by atoms with E-state index in [4.69, 9.17) is 21.2 Å². The van der Waals surface area contributed by atoms with E-state index in [9.17, 15) is 5.11 Å². The van der Waals surface area contributed by atoms with Gasteiger partial charge in [0.25, 0.3) is 0 Å². The van der Waals surface area contributed by atoms with Crippen LogP contribution in [0, 0.1) is 6.92 Å². The van der Waals surface area contributed by atoms with E-state index in [1.54, 1.807) is 0 Å². The second-order valence-electron chi connectivity index (χ2n) is 9.19. The molecule has 0 spiro atoms. The van der Waals surface area contributed by atoms with Crippen molar-refractivity contribution >= 4 is 17.3 Å². The van der Waals surface area contributed by atoms with Gasteiger partial charge in [-0.3, -0.25) is 4.90 Å². The van der Waals surface area contributed by atoms with Crippen molar-refractivity contribution in [3.05, 3.63) is 70.2 Å². The van der Waals surface area contributed by atoms with E-state index in [1.165, 1.54) is 5.56 Å². The molecule has 0 saturated carbocycles. The topological polar surface area (TPSA) is 54.3 Å². The van der Waals surface area contributed by atoms with Crippen LogP contribution in [0.5, 0.6) is 0 Å². The lowest BCUT2D eigenvalue weighted by molar-refractivity contribution is -0.0600. The molecule has 0 aliphatic carbocycles. The van der Waals surface area contributed by atoms with Crippen molar-refractivity contribution in [2.75, 3.05) is 19.7 Å². The fourth-order valence-corrected chi connectivity index (χ4v) is 3.88. The number of ether oxygens (including phenoxy) is 1. The second kappa shape index (κ2) is 10.6. The number of oxime groups is 1. The van der Waals surface area contributed by atoms with Gasteiger partial charge in [-0.2, -0.15) is 0 Å². The largest absolute Gasteiger partial charge is 0.390 e. The minimum atomic E-state index is -0.600. The lowest BCUT2D eigenvalue weighted by atomic mass is 10.00. The Morgan fingerprint density at radius 2 is 2.00 bits per heavy atom. The summed E-state index contributed by atoms with van der Waals surface area (Å²) in [4.78, 5) is 7.95. The molecular weight excluding hydrogens is 412 g/mol. The van der Waals surface area contributed by atoms with Gasteiger partial charge in [0.15, 0.2) is 0 Å². The third-order valence-electron chi connectivity index (χ3n) is 5.12. The Balaban J connectivity index is 1.64. The summed E-state index contributed by atoms with van der Waals surface area (Å²) in [6, 6.07) is 16.0. The number of rotatable bonds is 9. The van der Waals surface area contributed by atoms with Gasteiger partial charge in [-0.15, -0.1) is 0 Å². The number of benzene rings is 2. The molecular formula is C25H33ClN2O3. The SMILES string of the molecule is Cc1ccccc1C1=NO[C@@H](CN(Cc2cccc(Cl)c2)C[C@H](O)COC(C)(C)C)C1. The van der Waals surface area contributed by atoms with Gasteiger partial charge in [0.1, 0.15) is 6.10 Å². The van der Waals surface area contributed by atoms with Crippen LogP contribution in [0.3, 0.4) is 0 Å². The van der Waals surface area contributed by atoms with Gasteiger partial charge in [-0.05, 0) is 51.0 Å². The molecule has 0 amide bonds. The van der Waals surface area contributed by atoms with Crippen LogP contribution < -0.4 is 0 Å². The molecule has 31 heavy (non-hydrogen) atoms. The van der Waals surface area contributed by atoms with Crippen LogP contribution in [0.1, 0.15) is 43.9 Å². The smallest absolute Gasteiger partial charge is 0.145 e. The number of hydrogen-bond donors (Lipinski definition) is 1. The molecule has 1 heterocycles. The lowest BCUT2D eigenvalue weighted by Crippen LogP contribution is -2.40. The third-order valence-corrected chi connectivity index (χ3v) is 5.36. The molecule has 1 aliphatic rings. The first-order valence-corrected chi connectivity index (χ1v) is 11.1. The quantitative estimate of drug-likeness (QED) is 0.602. The zero-order chi connectivity index (χ0) is 22.4. The van der Waals surface area contributed by atoms with Crippen LogP contribution in [-0.4, -0.2) is 53.2 Å². The predicted molar refractivity (Wildman–Crippen MR) is 126 cm³/mol. The maximum absolute atomic E-state index is 10.6. The molecule has 2 aromatic carbocycles. The number of halogens is 1. The van der Waals surface area contributed by atoms with Gasteiger partial charge >= 0.3 is 0 Å². The predicted octanol–water partition coefficient (Wildman–Crippen LogP) is 4.82. The first-order chi connectivity index (χ1) is 14.7. The summed E-state index contributed by atoms with van der Waals surface area (Å²) in [5.41, 5.74) is 4.10. The molecule has 5 nitrogen and oxygen atoms in total. The van der Waals surface area contributed by atoms with Crippen LogP contribution in [0.25, 0.3) is 0 Å². The molecule has 0 radical (unpaired) electrons. The molecule has 1 N–H and O–H groups in total. The molecule has 0 saturated heterocycles. The standard InChI is InChI=1S/C25H33ClN2O3/c1-18-8-5-6-11-23(18)24-13-22(31-27-24)16-28(14-19-9-7-10-20(26)12-19)15-21(29)17-30-25(2,3)4/h5-12,21-22,29H,13-17H2,1-4H3/t21-,22+/m0/s1. The van der Waals surface area contributed by atoms with Gasteiger partial charge < -0.3 is 14.7 Å². The van der Waals surface area contributed by atoms with E-state index in [0.29, 0.717) is 24.7 Å². The first-order valence-electron chi connectivity index (χ1n) is 10.8. The van der Waals surface area contributed by atoms with E-state index < -0.39 is 6.10 Å². The number of aliphatic hydroxyl groups is 1. The summed E-state index contributed by atoms with van der Waals surface area (Å²) in [6.07, 6.45) is 0.0759. The molecule has 3 rings (SSSR count). The van der Waals surface area contributed by atoms with Crippen molar-refractivity contribution in [3.63, 3.8) is 0 Å². The van der Waals surface area contributed by atoms with E-state index in [-0.39, 0.29) is 18.3 Å². The zero-order valence-electron chi connectivity index (χ0n) is 18.8. The van der Waals surface area contributed by atoms with Gasteiger partial charge in [0, 0.05) is 36.6 Å². The fraction of sp³-hybridized carbons (Fsp3) is 0.480. The summed E-state index contributed by atoms with van der Waals surface area (Å²) < 4.78 is 5.77. The van der Waals surface area contributed by atoms with Crippen LogP contribution in [0.2, 0.25) is 5.02 Å². The van der Waals surface area contributed by atoms with Gasteiger partial charge in [0.05, 0.1) is 24.0 Å². The van der Waals surface area contributed by atoms with Crippen molar-refractivity contribution in [1.82, 2.24) is 4.90 Å². The maximum atomic E-state index is 10.6. The Bertz CT molecular complexity index is 894. The number of nitrogens with zero attached hydrogens (tertiary/aromatic N) is 2. The molecule has 0 unspecified atom stereocenters. The fourth-order valence-electron chi connectivity index (χ4n) is 3.66. The van der Waals surface area contributed by atoms with Crippen LogP contribution in [-0.2, 0) is 16.1 Å². The minimum absolute atomic E-state index is 0.0653. The highest BCUT2D eigenvalue weighted by Crippen LogP contribution is 2.21. The Hall–Kier alpha value is -1.92. The van der Waals surface area contributed by atoms with Crippen LogP contribution in [0.15, 0.2) is 53.7 Å². The Kier molecular flexibility index (Phi) is 8.11. The number of aryl methyl sites for hydroxylation is 1. The Morgan fingerprint density at radius 1 is 1.23 bits per heavy atom. The van der Waals surface area contributed by atoms with Crippen molar-refractivity contribution in [1.29, 1.82) is 0 Å². The average molecular weight is 445 g/mol. The van der Waals surface area contributed by atoms with E-state index in [1.807, 2.05) is 57.2 Å². The normalized spacial score (nSPS) is 17.5. The highest BCUT2D eigenvalue weighted by atomic mass is 35.5. The molecule has 0 fully saturated rings. The van der Waals surface area contributed by atoms with Crippen molar-refractivity contribution in [3.8, 4) is 0 Å². The molecule has 1 aliphatic heterocycles. The van der Waals surface area contributed by atoms with Crippen LogP contribution in [0.4, 0.5) is 0 Å². The van der Waals surface area contributed by atoms with Gasteiger partial charge in [-0.25, -0.2) is 0 Å². The van der Waals surface area contributed by atoms with Crippen molar-refractivity contribution < 1.29 is 14.7 Å². The Labute approximate surface area is 190 Å². The zero-order valence-corrected chi connectivity index (χ0v) is 19.6. The summed E-state index contributed by atoms with van der Waals surface area (Å²) in [5.74, 6) is 0. The van der Waals surface area contributed by atoms with E-state index in [2.05, 4.69) is 29.1 Å². The summed E-state index contributed by atoms with van der Waals surface area (Å²) in [7, 11) is 0. The second-order valence-corrected chi connectivity index (χ2v) is 9.62. The van der Waals surface area contributed by atoms with E-state index >= 15 is 0 Å². The summed E-state index contributed by atoms with van der Waals surface area (Å²) in [6.45, 7) is 10.1. The van der Waals surface area contributed by atoms with Crippen LogP contribution >= 0.6 is 11.6 Å². The first kappa shape index (κ1) is 23.7. The molecule has 6 heteroatoms. The Morgan fingerprint density at radius 3 is 2.71 bits per heavy atom. The maximum Gasteiger partial charge on any atom is 0.145 e. The third kappa shape index (κ3) is 7.62. The minimum Gasteiger partial charge on any atom is -0.390 e. The molecule has 2 aromatic rings. The highest BCUT2D eigenvalue weighted by Gasteiger charge is 2.26. The van der Waals surface area contributed by atoms with Gasteiger partial charge in [-0.1, -0.05) is 53.2 Å². The highest BCUT2D eigenvalue weighted by molar-refractivity contribution is 6.30. The number of hydrogen-bond acceptors (Lipinski definition) is 5. The summed E-state index contributed by atoms with van der Waals surface area (Å²) in [5, 5.41) is 15.7.